The first-order chi connectivity index (χ1) is 7.52. The number of carbonyl (C=O) groups excluding carboxylic acids is 1. The van der Waals surface area contributed by atoms with Crippen LogP contribution in [0.5, 0.6) is 0 Å². The van der Waals surface area contributed by atoms with Crippen LogP contribution in [-0.2, 0) is 4.74 Å². The van der Waals surface area contributed by atoms with Gasteiger partial charge >= 0.3 is 5.97 Å². The largest absolute Gasteiger partial charge is 0.465 e. The Morgan fingerprint density at radius 2 is 2.19 bits per heavy atom. The third kappa shape index (κ3) is 1.83. The number of esters is 1. The summed E-state index contributed by atoms with van der Waals surface area (Å²) < 4.78 is 4.43. The standard InChI is InChI=1S/C10H8N2O4/c1-6-3-4-7(5-11)8(10(13)16-2)9(6)12(14)15/h3-4H,1-2H3. The first kappa shape index (κ1) is 11.7. The highest BCUT2D eigenvalue weighted by Gasteiger charge is 2.27. The molecule has 1 aromatic rings. The monoisotopic (exact) mass is 220 g/mol. The number of nitro benzene ring substituents is 1. The number of nitro groups is 1. The Labute approximate surface area is 91.2 Å². The van der Waals surface area contributed by atoms with Crippen molar-refractivity contribution in [3.63, 3.8) is 0 Å². The molecule has 16 heavy (non-hydrogen) atoms. The second kappa shape index (κ2) is 4.40. The summed E-state index contributed by atoms with van der Waals surface area (Å²) in [6.45, 7) is 1.49. The van der Waals surface area contributed by atoms with Gasteiger partial charge in [0.05, 0.1) is 17.6 Å². The van der Waals surface area contributed by atoms with Crippen molar-refractivity contribution in [1.29, 1.82) is 5.26 Å². The number of hydrogen-bond acceptors (Lipinski definition) is 5. The molecule has 1 aromatic carbocycles. The van der Waals surface area contributed by atoms with E-state index in [-0.39, 0.29) is 16.8 Å². The van der Waals surface area contributed by atoms with Crippen molar-refractivity contribution in [1.82, 2.24) is 0 Å². The molecule has 0 aliphatic rings. The lowest BCUT2D eigenvalue weighted by atomic mass is 10.0. The van der Waals surface area contributed by atoms with Crippen LogP contribution in [0.3, 0.4) is 0 Å². The van der Waals surface area contributed by atoms with Crippen LogP contribution < -0.4 is 0 Å². The van der Waals surface area contributed by atoms with Crippen molar-refractivity contribution in [3.8, 4) is 6.07 Å². The first-order valence-electron chi connectivity index (χ1n) is 4.29. The van der Waals surface area contributed by atoms with Gasteiger partial charge in [0.15, 0.2) is 5.56 Å². The molecular formula is C10H8N2O4. The van der Waals surface area contributed by atoms with E-state index < -0.39 is 10.9 Å². The van der Waals surface area contributed by atoms with Gasteiger partial charge in [-0.3, -0.25) is 10.1 Å². The molecular weight excluding hydrogens is 212 g/mol. The molecule has 1 rings (SSSR count). The molecule has 6 nitrogen and oxygen atoms in total. The zero-order valence-electron chi connectivity index (χ0n) is 8.68. The molecule has 0 atom stereocenters. The lowest BCUT2D eigenvalue weighted by molar-refractivity contribution is -0.385. The van der Waals surface area contributed by atoms with Gasteiger partial charge in [0, 0.05) is 5.56 Å². The van der Waals surface area contributed by atoms with Crippen molar-refractivity contribution in [2.45, 2.75) is 6.92 Å². The zero-order valence-corrected chi connectivity index (χ0v) is 8.68. The van der Waals surface area contributed by atoms with Crippen LogP contribution in [0.2, 0.25) is 0 Å². The Kier molecular flexibility index (Phi) is 3.20. The summed E-state index contributed by atoms with van der Waals surface area (Å²) in [7, 11) is 1.11. The van der Waals surface area contributed by atoms with Gasteiger partial charge in [-0.2, -0.15) is 5.26 Å². The molecule has 0 radical (unpaired) electrons. The van der Waals surface area contributed by atoms with Gasteiger partial charge in [0.1, 0.15) is 6.07 Å². The summed E-state index contributed by atoms with van der Waals surface area (Å²) in [6, 6.07) is 4.50. The summed E-state index contributed by atoms with van der Waals surface area (Å²) in [4.78, 5) is 21.5. The van der Waals surface area contributed by atoms with Crippen LogP contribution in [0, 0.1) is 28.4 Å². The minimum atomic E-state index is -0.882. The molecule has 0 aliphatic heterocycles. The Hall–Kier alpha value is -2.42. The molecule has 0 unspecified atom stereocenters. The number of nitriles is 1. The molecule has 0 bridgehead atoms. The van der Waals surface area contributed by atoms with E-state index >= 15 is 0 Å². The summed E-state index contributed by atoms with van der Waals surface area (Å²) in [5.74, 6) is -0.882. The van der Waals surface area contributed by atoms with Crippen LogP contribution in [0.15, 0.2) is 12.1 Å². The highest BCUT2D eigenvalue weighted by molar-refractivity contribution is 5.97. The Morgan fingerprint density at radius 3 is 2.62 bits per heavy atom. The summed E-state index contributed by atoms with van der Waals surface area (Å²) in [6.07, 6.45) is 0. The molecule has 6 heteroatoms. The quantitative estimate of drug-likeness (QED) is 0.428. The molecule has 0 heterocycles. The number of hydrogen-bond donors (Lipinski definition) is 0. The van der Waals surface area contributed by atoms with Gasteiger partial charge in [-0.25, -0.2) is 4.79 Å². The minimum absolute atomic E-state index is 0.0656. The molecule has 0 aliphatic carbocycles. The highest BCUT2D eigenvalue weighted by atomic mass is 16.6. The Morgan fingerprint density at radius 1 is 1.56 bits per heavy atom. The predicted molar refractivity (Wildman–Crippen MR) is 53.9 cm³/mol. The van der Waals surface area contributed by atoms with Gasteiger partial charge in [0.25, 0.3) is 5.69 Å². The van der Waals surface area contributed by atoms with Crippen LogP contribution in [-0.4, -0.2) is 18.0 Å². The Bertz CT molecular complexity index is 502. The maximum atomic E-state index is 11.4. The van der Waals surface area contributed by atoms with Crippen LogP contribution >= 0.6 is 0 Å². The van der Waals surface area contributed by atoms with E-state index in [9.17, 15) is 14.9 Å². The number of carbonyl (C=O) groups is 1. The first-order valence-corrected chi connectivity index (χ1v) is 4.29. The van der Waals surface area contributed by atoms with Crippen LogP contribution in [0.4, 0.5) is 5.69 Å². The lowest BCUT2D eigenvalue weighted by Gasteiger charge is -2.05. The number of aryl methyl sites for hydroxylation is 1. The van der Waals surface area contributed by atoms with Crippen molar-refractivity contribution in [3.05, 3.63) is 38.9 Å². The summed E-state index contributed by atoms with van der Waals surface area (Å²) >= 11 is 0. The number of rotatable bonds is 2. The highest BCUT2D eigenvalue weighted by Crippen LogP contribution is 2.26. The van der Waals surface area contributed by atoms with Crippen LogP contribution in [0.1, 0.15) is 21.5 Å². The molecule has 0 amide bonds. The van der Waals surface area contributed by atoms with E-state index in [2.05, 4.69) is 4.74 Å². The van der Waals surface area contributed by atoms with Crippen molar-refractivity contribution < 1.29 is 14.5 Å². The molecule has 0 saturated carbocycles. The average Bonchev–Trinajstić information content (AvgIpc) is 2.27. The van der Waals surface area contributed by atoms with E-state index in [1.54, 1.807) is 6.07 Å². The Balaban J connectivity index is 3.63. The number of methoxy groups -OCH3 is 1. The van der Waals surface area contributed by atoms with Crippen LogP contribution in [0.25, 0.3) is 0 Å². The molecule has 0 spiro atoms. The number of ether oxygens (including phenoxy) is 1. The third-order valence-electron chi connectivity index (χ3n) is 2.07. The van der Waals surface area contributed by atoms with E-state index in [4.69, 9.17) is 5.26 Å². The maximum absolute atomic E-state index is 11.4. The molecule has 0 fully saturated rings. The van der Waals surface area contributed by atoms with Gasteiger partial charge in [-0.05, 0) is 13.0 Å². The summed E-state index contributed by atoms with van der Waals surface area (Å²) in [5, 5.41) is 19.6. The second-order valence-corrected chi connectivity index (χ2v) is 3.01. The van der Waals surface area contributed by atoms with E-state index in [1.807, 2.05) is 0 Å². The fraction of sp³-hybridized carbons (Fsp3) is 0.200. The van der Waals surface area contributed by atoms with E-state index in [0.717, 1.165) is 7.11 Å². The normalized spacial score (nSPS) is 9.31. The number of benzene rings is 1. The lowest BCUT2D eigenvalue weighted by Crippen LogP contribution is -2.09. The van der Waals surface area contributed by atoms with Crippen molar-refractivity contribution in [2.75, 3.05) is 7.11 Å². The van der Waals surface area contributed by atoms with Gasteiger partial charge < -0.3 is 4.74 Å². The third-order valence-corrected chi connectivity index (χ3v) is 2.07. The molecule has 0 saturated heterocycles. The number of nitrogens with zero attached hydrogens (tertiary/aromatic N) is 2. The predicted octanol–water partition coefficient (Wildman–Crippen LogP) is 1.56. The molecule has 0 N–H and O–H groups in total. The van der Waals surface area contributed by atoms with Gasteiger partial charge in [-0.1, -0.05) is 6.07 Å². The maximum Gasteiger partial charge on any atom is 0.346 e. The van der Waals surface area contributed by atoms with Crippen molar-refractivity contribution in [2.24, 2.45) is 0 Å². The SMILES string of the molecule is COC(=O)c1c(C#N)ccc(C)c1[N+](=O)[O-]. The molecule has 0 aromatic heterocycles. The minimum Gasteiger partial charge on any atom is -0.465 e. The van der Waals surface area contributed by atoms with E-state index in [0.29, 0.717) is 5.56 Å². The van der Waals surface area contributed by atoms with Gasteiger partial charge in [-0.15, -0.1) is 0 Å². The topological polar surface area (TPSA) is 93.2 Å². The van der Waals surface area contributed by atoms with Gasteiger partial charge in [0.2, 0.25) is 0 Å². The zero-order chi connectivity index (χ0) is 12.3. The molecule has 82 valence electrons. The van der Waals surface area contributed by atoms with E-state index in [1.165, 1.54) is 19.1 Å². The fourth-order valence-corrected chi connectivity index (χ4v) is 1.33. The average molecular weight is 220 g/mol. The smallest absolute Gasteiger partial charge is 0.346 e. The summed E-state index contributed by atoms with van der Waals surface area (Å²) in [5.41, 5.74) is -0.436. The second-order valence-electron chi connectivity index (χ2n) is 3.01. The van der Waals surface area contributed by atoms with Crippen molar-refractivity contribution >= 4 is 11.7 Å². The fourth-order valence-electron chi connectivity index (χ4n) is 1.33.